The Morgan fingerprint density at radius 2 is 1.94 bits per heavy atom. The van der Waals surface area contributed by atoms with Crippen molar-refractivity contribution in [3.05, 3.63) is 18.2 Å². The molecule has 96 valence electrons. The Kier molecular flexibility index (Phi) is 4.63. The van der Waals surface area contributed by atoms with Crippen LogP contribution >= 0.6 is 0 Å². The highest BCUT2D eigenvalue weighted by molar-refractivity contribution is 5.60. The van der Waals surface area contributed by atoms with E-state index in [2.05, 4.69) is 5.32 Å². The Balaban J connectivity index is 2.94. The number of hydrogen-bond acceptors (Lipinski definition) is 4. The Morgan fingerprint density at radius 1 is 1.24 bits per heavy atom. The van der Waals surface area contributed by atoms with Crippen LogP contribution in [-0.2, 0) is 0 Å². The summed E-state index contributed by atoms with van der Waals surface area (Å²) in [5, 5.41) is 12.4. The van der Waals surface area contributed by atoms with Crippen LogP contribution in [0.2, 0.25) is 0 Å². The number of anilines is 1. The highest BCUT2D eigenvalue weighted by Gasteiger charge is 2.18. The smallest absolute Gasteiger partial charge is 0.142 e. The molecule has 1 rings (SSSR count). The van der Waals surface area contributed by atoms with Crippen LogP contribution in [0.4, 0.5) is 5.69 Å². The molecule has 0 aliphatic rings. The molecule has 0 fully saturated rings. The maximum absolute atomic E-state index is 9.01. The number of rotatable bonds is 6. The number of hydrogen-bond donors (Lipinski definition) is 2. The second-order valence-electron chi connectivity index (χ2n) is 4.55. The van der Waals surface area contributed by atoms with Gasteiger partial charge in [0, 0.05) is 18.2 Å². The molecule has 0 amide bonds. The number of aliphatic hydroxyl groups is 1. The Morgan fingerprint density at radius 3 is 2.47 bits per heavy atom. The quantitative estimate of drug-likeness (QED) is 0.799. The molecule has 0 aliphatic carbocycles. The van der Waals surface area contributed by atoms with Crippen molar-refractivity contribution in [2.45, 2.75) is 25.8 Å². The van der Waals surface area contributed by atoms with Crippen LogP contribution in [0.25, 0.3) is 0 Å². The number of methoxy groups -OCH3 is 2. The monoisotopic (exact) mass is 239 g/mol. The second-order valence-corrected chi connectivity index (χ2v) is 4.55. The third-order valence-electron chi connectivity index (χ3n) is 2.62. The first-order valence-corrected chi connectivity index (χ1v) is 5.63. The molecule has 0 unspecified atom stereocenters. The van der Waals surface area contributed by atoms with Crippen LogP contribution in [-0.4, -0.2) is 31.5 Å². The standard InChI is InChI=1S/C13H21NO3/c1-13(2,7-8-15)14-11-9-10(16-3)5-6-12(11)17-4/h5-6,9,14-15H,7-8H2,1-4H3. The highest BCUT2D eigenvalue weighted by atomic mass is 16.5. The van der Waals surface area contributed by atoms with Gasteiger partial charge in [0.05, 0.1) is 19.9 Å². The van der Waals surface area contributed by atoms with Crippen molar-refractivity contribution in [1.29, 1.82) is 0 Å². The van der Waals surface area contributed by atoms with Gasteiger partial charge in [-0.2, -0.15) is 0 Å². The van der Waals surface area contributed by atoms with Crippen LogP contribution in [0.3, 0.4) is 0 Å². The average molecular weight is 239 g/mol. The van der Waals surface area contributed by atoms with Crippen LogP contribution in [0.1, 0.15) is 20.3 Å². The summed E-state index contributed by atoms with van der Waals surface area (Å²) >= 11 is 0. The molecule has 0 radical (unpaired) electrons. The van der Waals surface area contributed by atoms with Crippen molar-refractivity contribution >= 4 is 5.69 Å². The maximum Gasteiger partial charge on any atom is 0.142 e. The molecule has 0 aromatic heterocycles. The predicted molar refractivity (Wildman–Crippen MR) is 69.0 cm³/mol. The van der Waals surface area contributed by atoms with Gasteiger partial charge in [0.1, 0.15) is 11.5 Å². The third kappa shape index (κ3) is 3.82. The lowest BCUT2D eigenvalue weighted by Gasteiger charge is -2.27. The lowest BCUT2D eigenvalue weighted by atomic mass is 10.0. The lowest BCUT2D eigenvalue weighted by molar-refractivity contribution is 0.260. The molecule has 2 N–H and O–H groups in total. The Hall–Kier alpha value is -1.42. The van der Waals surface area contributed by atoms with Gasteiger partial charge in [0.25, 0.3) is 0 Å². The van der Waals surface area contributed by atoms with Crippen molar-refractivity contribution < 1.29 is 14.6 Å². The van der Waals surface area contributed by atoms with Gasteiger partial charge in [0.2, 0.25) is 0 Å². The molecule has 0 heterocycles. The summed E-state index contributed by atoms with van der Waals surface area (Å²) in [6.07, 6.45) is 0.660. The van der Waals surface area contributed by atoms with Crippen LogP contribution in [0.15, 0.2) is 18.2 Å². The molecule has 0 spiro atoms. The first-order valence-electron chi connectivity index (χ1n) is 5.63. The molecule has 0 aliphatic heterocycles. The van der Waals surface area contributed by atoms with Gasteiger partial charge in [0.15, 0.2) is 0 Å². The van der Waals surface area contributed by atoms with E-state index in [1.54, 1.807) is 14.2 Å². The van der Waals surface area contributed by atoms with Crippen molar-refractivity contribution in [1.82, 2.24) is 0 Å². The highest BCUT2D eigenvalue weighted by Crippen LogP contribution is 2.31. The van der Waals surface area contributed by atoms with Crippen molar-refractivity contribution in [3.8, 4) is 11.5 Å². The first kappa shape index (κ1) is 13.6. The number of nitrogens with one attached hydrogen (secondary N) is 1. The SMILES string of the molecule is COc1ccc(OC)c(NC(C)(C)CCO)c1. The minimum atomic E-state index is -0.200. The van der Waals surface area contributed by atoms with Crippen LogP contribution < -0.4 is 14.8 Å². The summed E-state index contributed by atoms with van der Waals surface area (Å²) in [5.41, 5.74) is 0.666. The molecule has 4 nitrogen and oxygen atoms in total. The predicted octanol–water partition coefficient (Wildman–Crippen LogP) is 2.28. The van der Waals surface area contributed by atoms with Crippen LogP contribution in [0, 0.1) is 0 Å². The summed E-state index contributed by atoms with van der Waals surface area (Å²) in [6, 6.07) is 5.59. The average Bonchev–Trinajstić information content (AvgIpc) is 2.28. The van der Waals surface area contributed by atoms with Gasteiger partial charge in [-0.3, -0.25) is 0 Å². The van der Waals surface area contributed by atoms with Crippen molar-refractivity contribution in [2.75, 3.05) is 26.1 Å². The number of aliphatic hydroxyl groups excluding tert-OH is 1. The Labute approximate surface area is 103 Å². The van der Waals surface area contributed by atoms with Gasteiger partial charge in [-0.15, -0.1) is 0 Å². The summed E-state index contributed by atoms with van der Waals surface area (Å²) in [7, 11) is 3.26. The summed E-state index contributed by atoms with van der Waals surface area (Å²) in [5.74, 6) is 1.53. The van der Waals surface area contributed by atoms with E-state index in [0.717, 1.165) is 17.2 Å². The van der Waals surface area contributed by atoms with E-state index < -0.39 is 0 Å². The lowest BCUT2D eigenvalue weighted by Crippen LogP contribution is -2.32. The fourth-order valence-electron chi connectivity index (χ4n) is 1.62. The molecule has 17 heavy (non-hydrogen) atoms. The zero-order valence-electron chi connectivity index (χ0n) is 10.9. The first-order chi connectivity index (χ1) is 8.02. The summed E-state index contributed by atoms with van der Waals surface area (Å²) in [6.45, 7) is 4.20. The third-order valence-corrected chi connectivity index (χ3v) is 2.62. The van der Waals surface area contributed by atoms with E-state index in [1.165, 1.54) is 0 Å². The second kappa shape index (κ2) is 5.77. The number of ether oxygens (including phenoxy) is 2. The zero-order chi connectivity index (χ0) is 12.9. The molecule has 1 aromatic carbocycles. The fourth-order valence-corrected chi connectivity index (χ4v) is 1.62. The van der Waals surface area contributed by atoms with E-state index in [1.807, 2.05) is 32.0 Å². The normalized spacial score (nSPS) is 11.1. The molecule has 0 atom stereocenters. The molecule has 0 saturated heterocycles. The molecule has 4 heteroatoms. The molecular formula is C13H21NO3. The molecular weight excluding hydrogens is 218 g/mol. The minimum Gasteiger partial charge on any atom is -0.497 e. The van der Waals surface area contributed by atoms with Gasteiger partial charge >= 0.3 is 0 Å². The van der Waals surface area contributed by atoms with Gasteiger partial charge in [-0.05, 0) is 32.4 Å². The van der Waals surface area contributed by atoms with Gasteiger partial charge < -0.3 is 19.9 Å². The summed E-state index contributed by atoms with van der Waals surface area (Å²) < 4.78 is 10.5. The van der Waals surface area contributed by atoms with E-state index in [-0.39, 0.29) is 12.1 Å². The maximum atomic E-state index is 9.01. The van der Waals surface area contributed by atoms with Crippen molar-refractivity contribution in [2.24, 2.45) is 0 Å². The van der Waals surface area contributed by atoms with Crippen molar-refractivity contribution in [3.63, 3.8) is 0 Å². The Bertz CT molecular complexity index is 364. The van der Waals surface area contributed by atoms with E-state index in [9.17, 15) is 0 Å². The topological polar surface area (TPSA) is 50.7 Å². The largest absolute Gasteiger partial charge is 0.497 e. The van der Waals surface area contributed by atoms with E-state index in [4.69, 9.17) is 14.6 Å². The fraction of sp³-hybridized carbons (Fsp3) is 0.538. The van der Waals surface area contributed by atoms with Gasteiger partial charge in [-0.1, -0.05) is 0 Å². The zero-order valence-corrected chi connectivity index (χ0v) is 10.9. The minimum absolute atomic E-state index is 0.145. The molecule has 1 aromatic rings. The van der Waals surface area contributed by atoms with Gasteiger partial charge in [-0.25, -0.2) is 0 Å². The molecule has 0 saturated carbocycles. The van der Waals surface area contributed by atoms with E-state index >= 15 is 0 Å². The number of benzene rings is 1. The molecule has 0 bridgehead atoms. The van der Waals surface area contributed by atoms with E-state index in [0.29, 0.717) is 6.42 Å². The van der Waals surface area contributed by atoms with Crippen LogP contribution in [0.5, 0.6) is 11.5 Å². The summed E-state index contributed by atoms with van der Waals surface area (Å²) in [4.78, 5) is 0.